The van der Waals surface area contributed by atoms with Gasteiger partial charge in [0.15, 0.2) is 0 Å². The van der Waals surface area contributed by atoms with E-state index >= 15 is 0 Å². The van der Waals surface area contributed by atoms with Crippen LogP contribution >= 0.6 is 0 Å². The molecule has 3 heterocycles. The van der Waals surface area contributed by atoms with Crippen molar-refractivity contribution < 1.29 is 14.7 Å². The van der Waals surface area contributed by atoms with E-state index in [1.807, 2.05) is 6.07 Å². The Kier molecular flexibility index (Phi) is 5.22. The molecule has 3 rings (SSSR count). The lowest BCUT2D eigenvalue weighted by Gasteiger charge is -2.39. The molecule has 1 aromatic heterocycles. The zero-order chi connectivity index (χ0) is 17.9. The molecule has 0 bridgehead atoms. The van der Waals surface area contributed by atoms with Gasteiger partial charge in [0.25, 0.3) is 5.91 Å². The van der Waals surface area contributed by atoms with E-state index in [4.69, 9.17) is 5.73 Å². The van der Waals surface area contributed by atoms with Crippen LogP contribution < -0.4 is 10.6 Å². The molecule has 0 aliphatic carbocycles. The zero-order valence-corrected chi connectivity index (χ0v) is 14.5. The average Bonchev–Trinajstić information content (AvgIpc) is 3.14. The average molecular weight is 346 g/mol. The van der Waals surface area contributed by atoms with Crippen molar-refractivity contribution >= 4 is 17.6 Å². The number of β-amino-alcohol motifs (C(OH)–C–C–N with tert-alkyl or cyclic N) is 1. The van der Waals surface area contributed by atoms with Gasteiger partial charge in [-0.15, -0.1) is 0 Å². The summed E-state index contributed by atoms with van der Waals surface area (Å²) in [4.78, 5) is 32.1. The first-order chi connectivity index (χ1) is 12.0. The highest BCUT2D eigenvalue weighted by atomic mass is 16.3. The Bertz CT molecular complexity index is 645. The topological polar surface area (TPSA) is 99.8 Å². The number of carbonyl (C=O) groups is 2. The summed E-state index contributed by atoms with van der Waals surface area (Å²) < 4.78 is 0. The number of hydrogen-bond donors (Lipinski definition) is 2. The van der Waals surface area contributed by atoms with Crippen molar-refractivity contribution in [2.75, 3.05) is 31.1 Å². The third-order valence-corrected chi connectivity index (χ3v) is 5.10. The maximum atomic E-state index is 12.9. The van der Waals surface area contributed by atoms with Crippen molar-refractivity contribution in [3.05, 3.63) is 23.9 Å². The minimum Gasteiger partial charge on any atom is -0.388 e. The van der Waals surface area contributed by atoms with Crippen molar-refractivity contribution in [1.82, 2.24) is 9.88 Å². The molecular formula is C18H26N4O3. The molecular weight excluding hydrogens is 320 g/mol. The van der Waals surface area contributed by atoms with Crippen molar-refractivity contribution in [3.63, 3.8) is 0 Å². The van der Waals surface area contributed by atoms with Gasteiger partial charge in [0.2, 0.25) is 5.91 Å². The van der Waals surface area contributed by atoms with Crippen LogP contribution in [0.25, 0.3) is 0 Å². The fourth-order valence-corrected chi connectivity index (χ4v) is 3.70. The smallest absolute Gasteiger partial charge is 0.254 e. The number of primary amides is 1. The predicted octanol–water partition coefficient (Wildman–Crippen LogP) is 0.914. The van der Waals surface area contributed by atoms with Crippen molar-refractivity contribution in [2.24, 2.45) is 5.73 Å². The molecule has 136 valence electrons. The summed E-state index contributed by atoms with van der Waals surface area (Å²) in [6.45, 7) is 2.79. The molecule has 0 aromatic carbocycles. The summed E-state index contributed by atoms with van der Waals surface area (Å²) in [5.41, 5.74) is 4.75. The largest absolute Gasteiger partial charge is 0.388 e. The van der Waals surface area contributed by atoms with Gasteiger partial charge < -0.3 is 20.6 Å². The van der Waals surface area contributed by atoms with E-state index < -0.39 is 11.5 Å². The number of anilines is 1. The van der Waals surface area contributed by atoms with Crippen LogP contribution in [0.1, 0.15) is 48.9 Å². The summed E-state index contributed by atoms with van der Waals surface area (Å²) in [6, 6.07) is 3.56. The number of carbonyl (C=O) groups excluding carboxylic acids is 2. The van der Waals surface area contributed by atoms with Gasteiger partial charge in [0.05, 0.1) is 5.60 Å². The van der Waals surface area contributed by atoms with Gasteiger partial charge >= 0.3 is 0 Å². The first-order valence-corrected chi connectivity index (χ1v) is 8.98. The molecule has 0 radical (unpaired) electrons. The fourth-order valence-electron chi connectivity index (χ4n) is 3.70. The van der Waals surface area contributed by atoms with Gasteiger partial charge in [-0.05, 0) is 44.2 Å². The van der Waals surface area contributed by atoms with Crippen LogP contribution in [0.4, 0.5) is 5.82 Å². The number of aromatic nitrogens is 1. The Morgan fingerprint density at radius 1 is 1.24 bits per heavy atom. The maximum Gasteiger partial charge on any atom is 0.254 e. The lowest BCUT2D eigenvalue weighted by molar-refractivity contribution is -0.120. The first kappa shape index (κ1) is 17.7. The Balaban J connectivity index is 1.69. The normalized spacial score (nSPS) is 23.7. The third-order valence-electron chi connectivity index (χ3n) is 5.10. The lowest BCUT2D eigenvalue weighted by Crippen LogP contribution is -2.50. The Hall–Kier alpha value is -2.15. The second kappa shape index (κ2) is 7.39. The molecule has 7 heteroatoms. The summed E-state index contributed by atoms with van der Waals surface area (Å²) in [6.07, 6.45) is 5.70. The molecule has 2 saturated heterocycles. The monoisotopic (exact) mass is 346 g/mol. The minimum atomic E-state index is -1.03. The molecule has 7 nitrogen and oxygen atoms in total. The SMILES string of the molecule is NC(=O)CC[C@@]1(O)CCCN(C(=O)c2ccnc(N3CCCC3)c2)C1. The summed E-state index contributed by atoms with van der Waals surface area (Å²) in [5.74, 6) is 0.311. The van der Waals surface area contributed by atoms with Crippen LogP contribution in [-0.2, 0) is 4.79 Å². The summed E-state index contributed by atoms with van der Waals surface area (Å²) >= 11 is 0. The Morgan fingerprint density at radius 2 is 2.00 bits per heavy atom. The van der Waals surface area contributed by atoms with E-state index in [1.54, 1.807) is 17.2 Å². The van der Waals surface area contributed by atoms with Crippen molar-refractivity contribution in [2.45, 2.75) is 44.1 Å². The maximum absolute atomic E-state index is 12.9. The van der Waals surface area contributed by atoms with Crippen LogP contribution in [0.2, 0.25) is 0 Å². The fraction of sp³-hybridized carbons (Fsp3) is 0.611. The van der Waals surface area contributed by atoms with Gasteiger partial charge in [-0.1, -0.05) is 0 Å². The molecule has 2 amide bonds. The van der Waals surface area contributed by atoms with E-state index in [0.717, 1.165) is 31.7 Å². The molecule has 2 aliphatic rings. The number of piperidine rings is 1. The first-order valence-electron chi connectivity index (χ1n) is 8.98. The number of aliphatic hydroxyl groups is 1. The molecule has 25 heavy (non-hydrogen) atoms. The third kappa shape index (κ3) is 4.28. The van der Waals surface area contributed by atoms with Gasteiger partial charge in [0, 0.05) is 44.4 Å². The second-order valence-electron chi connectivity index (χ2n) is 7.12. The molecule has 2 aliphatic heterocycles. The Labute approximate surface area is 147 Å². The predicted molar refractivity (Wildman–Crippen MR) is 94.2 cm³/mol. The highest BCUT2D eigenvalue weighted by molar-refractivity contribution is 5.95. The molecule has 3 N–H and O–H groups in total. The Morgan fingerprint density at radius 3 is 2.72 bits per heavy atom. The number of pyridine rings is 1. The van der Waals surface area contributed by atoms with Crippen LogP contribution in [0, 0.1) is 0 Å². The van der Waals surface area contributed by atoms with Crippen molar-refractivity contribution in [1.29, 1.82) is 0 Å². The highest BCUT2D eigenvalue weighted by Crippen LogP contribution is 2.27. The molecule has 2 fully saturated rings. The second-order valence-corrected chi connectivity index (χ2v) is 7.12. The lowest BCUT2D eigenvalue weighted by atomic mass is 9.88. The van der Waals surface area contributed by atoms with E-state index in [9.17, 15) is 14.7 Å². The van der Waals surface area contributed by atoms with Gasteiger partial charge in [-0.2, -0.15) is 0 Å². The quantitative estimate of drug-likeness (QED) is 0.826. The standard InChI is InChI=1S/C18H26N4O3/c19-15(23)4-7-18(25)6-3-11-22(13-18)17(24)14-5-8-20-16(12-14)21-9-1-2-10-21/h5,8,12,25H,1-4,6-7,9-11,13H2,(H2,19,23)/t18-/m0/s1. The van der Waals surface area contributed by atoms with Gasteiger partial charge in [-0.3, -0.25) is 9.59 Å². The van der Waals surface area contributed by atoms with Crippen LogP contribution in [0.5, 0.6) is 0 Å². The van der Waals surface area contributed by atoms with E-state index in [2.05, 4.69) is 9.88 Å². The van der Waals surface area contributed by atoms with E-state index in [1.165, 1.54) is 0 Å². The zero-order valence-electron chi connectivity index (χ0n) is 14.5. The van der Waals surface area contributed by atoms with Crippen LogP contribution in [-0.4, -0.2) is 58.6 Å². The number of hydrogen-bond acceptors (Lipinski definition) is 5. The highest BCUT2D eigenvalue weighted by Gasteiger charge is 2.35. The van der Waals surface area contributed by atoms with Gasteiger partial charge in [-0.25, -0.2) is 4.98 Å². The number of nitrogens with two attached hydrogens (primary N) is 1. The van der Waals surface area contributed by atoms with E-state index in [0.29, 0.717) is 31.4 Å². The number of amides is 2. The molecule has 1 aromatic rings. The van der Waals surface area contributed by atoms with Gasteiger partial charge in [0.1, 0.15) is 5.82 Å². The minimum absolute atomic E-state index is 0.0972. The molecule has 1 atom stereocenters. The molecule has 0 unspecified atom stereocenters. The summed E-state index contributed by atoms with van der Waals surface area (Å²) in [5, 5.41) is 10.7. The number of likely N-dealkylation sites (tertiary alicyclic amines) is 1. The van der Waals surface area contributed by atoms with Crippen LogP contribution in [0.3, 0.4) is 0 Å². The summed E-state index contributed by atoms with van der Waals surface area (Å²) in [7, 11) is 0. The molecule has 0 spiro atoms. The molecule has 0 saturated carbocycles. The van der Waals surface area contributed by atoms with E-state index in [-0.39, 0.29) is 18.9 Å². The number of rotatable bonds is 5. The van der Waals surface area contributed by atoms with Crippen molar-refractivity contribution in [3.8, 4) is 0 Å². The number of nitrogens with zero attached hydrogens (tertiary/aromatic N) is 3. The van der Waals surface area contributed by atoms with Crippen LogP contribution in [0.15, 0.2) is 18.3 Å².